The topological polar surface area (TPSA) is 46.5 Å². The van der Waals surface area contributed by atoms with Crippen LogP contribution >= 0.6 is 0 Å². The lowest BCUT2D eigenvalue weighted by atomic mass is 10.0. The van der Waals surface area contributed by atoms with Gasteiger partial charge in [0.05, 0.1) is 12.7 Å². The Kier molecular flexibility index (Phi) is 15.4. The summed E-state index contributed by atoms with van der Waals surface area (Å²) in [5.74, 6) is -0.267. The number of hydrogen-bond donors (Lipinski definition) is 1. The SMILES string of the molecule is CCCCCCCCCCCCCC(O)CCOC(C)=O. The van der Waals surface area contributed by atoms with E-state index >= 15 is 0 Å². The third-order valence-corrected chi connectivity index (χ3v) is 3.90. The van der Waals surface area contributed by atoms with Gasteiger partial charge in [-0.25, -0.2) is 0 Å². The second-order valence-corrected chi connectivity index (χ2v) is 6.11. The van der Waals surface area contributed by atoms with Crippen molar-refractivity contribution in [2.24, 2.45) is 0 Å². The monoisotopic (exact) mass is 300 g/mol. The number of unbranched alkanes of at least 4 members (excludes halogenated alkanes) is 10. The van der Waals surface area contributed by atoms with Crippen molar-refractivity contribution in [2.45, 2.75) is 103 Å². The normalized spacial score (nSPS) is 12.3. The lowest BCUT2D eigenvalue weighted by Crippen LogP contribution is -2.12. The molecule has 0 spiro atoms. The molecule has 0 rings (SSSR count). The van der Waals surface area contributed by atoms with Crippen LogP contribution in [0.5, 0.6) is 0 Å². The lowest BCUT2D eigenvalue weighted by Gasteiger charge is -2.10. The van der Waals surface area contributed by atoms with E-state index in [1.54, 1.807) is 0 Å². The molecule has 0 fully saturated rings. The van der Waals surface area contributed by atoms with E-state index in [1.165, 1.54) is 71.1 Å². The Morgan fingerprint density at radius 1 is 0.857 bits per heavy atom. The lowest BCUT2D eigenvalue weighted by molar-refractivity contribution is -0.141. The van der Waals surface area contributed by atoms with Crippen molar-refractivity contribution >= 4 is 5.97 Å². The van der Waals surface area contributed by atoms with Gasteiger partial charge >= 0.3 is 5.97 Å². The molecule has 0 amide bonds. The minimum absolute atomic E-state index is 0.267. The Morgan fingerprint density at radius 2 is 1.33 bits per heavy atom. The van der Waals surface area contributed by atoms with Gasteiger partial charge in [-0.3, -0.25) is 4.79 Å². The zero-order valence-electron chi connectivity index (χ0n) is 14.2. The first-order valence-electron chi connectivity index (χ1n) is 8.98. The summed E-state index contributed by atoms with van der Waals surface area (Å²) in [5.41, 5.74) is 0. The van der Waals surface area contributed by atoms with Gasteiger partial charge in [0, 0.05) is 13.3 Å². The number of esters is 1. The van der Waals surface area contributed by atoms with E-state index < -0.39 is 0 Å². The molecule has 3 nitrogen and oxygen atoms in total. The highest BCUT2D eigenvalue weighted by Crippen LogP contribution is 2.13. The van der Waals surface area contributed by atoms with Crippen molar-refractivity contribution in [3.8, 4) is 0 Å². The van der Waals surface area contributed by atoms with Crippen LogP contribution in [0.3, 0.4) is 0 Å². The molecule has 0 bridgehead atoms. The summed E-state index contributed by atoms with van der Waals surface area (Å²) in [4.78, 5) is 10.6. The highest BCUT2D eigenvalue weighted by Gasteiger charge is 2.04. The van der Waals surface area contributed by atoms with Gasteiger partial charge < -0.3 is 9.84 Å². The minimum atomic E-state index is -0.317. The predicted molar refractivity (Wildman–Crippen MR) is 88.3 cm³/mol. The molecule has 0 heterocycles. The molecule has 0 aromatic carbocycles. The molecule has 0 aliphatic heterocycles. The molecule has 0 aliphatic rings. The highest BCUT2D eigenvalue weighted by atomic mass is 16.5. The van der Waals surface area contributed by atoms with Crippen LogP contribution in [-0.2, 0) is 9.53 Å². The molecule has 0 aromatic heterocycles. The van der Waals surface area contributed by atoms with E-state index in [0.29, 0.717) is 13.0 Å². The van der Waals surface area contributed by atoms with Crippen LogP contribution < -0.4 is 0 Å². The fraction of sp³-hybridized carbons (Fsp3) is 0.944. The summed E-state index contributed by atoms with van der Waals surface area (Å²) >= 11 is 0. The number of aliphatic hydroxyl groups is 1. The van der Waals surface area contributed by atoms with Gasteiger partial charge in [0.25, 0.3) is 0 Å². The van der Waals surface area contributed by atoms with Crippen molar-refractivity contribution in [3.63, 3.8) is 0 Å². The first-order chi connectivity index (χ1) is 10.2. The van der Waals surface area contributed by atoms with Crippen LogP contribution in [0.15, 0.2) is 0 Å². The molecule has 0 radical (unpaired) electrons. The van der Waals surface area contributed by atoms with Crippen molar-refractivity contribution in [1.29, 1.82) is 0 Å². The first kappa shape index (κ1) is 20.4. The smallest absolute Gasteiger partial charge is 0.302 e. The molecule has 0 aliphatic carbocycles. The fourth-order valence-corrected chi connectivity index (χ4v) is 2.53. The Hall–Kier alpha value is -0.570. The maximum absolute atomic E-state index is 10.6. The highest BCUT2D eigenvalue weighted by molar-refractivity contribution is 5.65. The summed E-state index contributed by atoms with van der Waals surface area (Å²) < 4.78 is 4.82. The number of carbonyl (C=O) groups excluding carboxylic acids is 1. The number of hydrogen-bond acceptors (Lipinski definition) is 3. The van der Waals surface area contributed by atoms with E-state index in [2.05, 4.69) is 6.92 Å². The van der Waals surface area contributed by atoms with Crippen molar-refractivity contribution < 1.29 is 14.6 Å². The molecule has 1 N–H and O–H groups in total. The number of carbonyl (C=O) groups is 1. The van der Waals surface area contributed by atoms with Gasteiger partial charge in [-0.1, -0.05) is 77.6 Å². The molecule has 0 saturated heterocycles. The van der Waals surface area contributed by atoms with Gasteiger partial charge in [-0.05, 0) is 6.42 Å². The second-order valence-electron chi connectivity index (χ2n) is 6.11. The van der Waals surface area contributed by atoms with E-state index in [9.17, 15) is 9.90 Å². The quantitative estimate of drug-likeness (QED) is 0.342. The van der Waals surface area contributed by atoms with Gasteiger partial charge in [-0.15, -0.1) is 0 Å². The summed E-state index contributed by atoms with van der Waals surface area (Å²) in [6.45, 7) is 4.00. The molecule has 126 valence electrons. The molecular formula is C18H36O3. The predicted octanol–water partition coefficient (Wildman–Crippen LogP) is 5.00. The number of aliphatic hydroxyl groups excluding tert-OH is 1. The summed E-state index contributed by atoms with van der Waals surface area (Å²) in [6, 6.07) is 0. The molecular weight excluding hydrogens is 264 g/mol. The minimum Gasteiger partial charge on any atom is -0.466 e. The molecule has 21 heavy (non-hydrogen) atoms. The van der Waals surface area contributed by atoms with Crippen molar-refractivity contribution in [1.82, 2.24) is 0 Å². The van der Waals surface area contributed by atoms with Gasteiger partial charge in [0.2, 0.25) is 0 Å². The molecule has 1 atom stereocenters. The summed E-state index contributed by atoms with van der Waals surface area (Å²) in [5, 5.41) is 9.71. The van der Waals surface area contributed by atoms with Gasteiger partial charge in [0.15, 0.2) is 0 Å². The van der Waals surface area contributed by atoms with Crippen molar-refractivity contribution in [2.75, 3.05) is 6.61 Å². The Morgan fingerprint density at radius 3 is 1.81 bits per heavy atom. The van der Waals surface area contributed by atoms with Crippen LogP contribution in [0.25, 0.3) is 0 Å². The average Bonchev–Trinajstić information content (AvgIpc) is 2.44. The van der Waals surface area contributed by atoms with E-state index in [0.717, 1.165) is 12.8 Å². The third-order valence-electron chi connectivity index (χ3n) is 3.90. The van der Waals surface area contributed by atoms with Crippen LogP contribution in [0.2, 0.25) is 0 Å². The maximum atomic E-state index is 10.6. The van der Waals surface area contributed by atoms with Gasteiger partial charge in [0.1, 0.15) is 0 Å². The Bertz CT molecular complexity index is 229. The zero-order valence-corrected chi connectivity index (χ0v) is 14.2. The van der Waals surface area contributed by atoms with E-state index in [-0.39, 0.29) is 12.1 Å². The van der Waals surface area contributed by atoms with E-state index in [4.69, 9.17) is 4.74 Å². The Balaban J connectivity index is 3.12. The maximum Gasteiger partial charge on any atom is 0.302 e. The van der Waals surface area contributed by atoms with Crippen LogP contribution in [0, 0.1) is 0 Å². The number of rotatable bonds is 15. The molecule has 1 unspecified atom stereocenters. The number of ether oxygens (including phenoxy) is 1. The molecule has 0 aromatic rings. The largest absolute Gasteiger partial charge is 0.466 e. The second kappa shape index (κ2) is 15.8. The van der Waals surface area contributed by atoms with Gasteiger partial charge in [-0.2, -0.15) is 0 Å². The van der Waals surface area contributed by atoms with Crippen LogP contribution in [0.4, 0.5) is 0 Å². The summed E-state index contributed by atoms with van der Waals surface area (Å²) in [7, 11) is 0. The summed E-state index contributed by atoms with van der Waals surface area (Å²) in [6.07, 6.45) is 15.7. The molecule has 0 saturated carbocycles. The van der Waals surface area contributed by atoms with E-state index in [1.807, 2.05) is 0 Å². The third kappa shape index (κ3) is 17.4. The Labute approximate surface area is 131 Å². The average molecular weight is 300 g/mol. The standard InChI is InChI=1S/C18H36O3/c1-3-4-5-6-7-8-9-10-11-12-13-14-18(20)15-16-21-17(2)19/h18,20H,3-16H2,1-2H3. The zero-order chi connectivity index (χ0) is 15.8. The van der Waals surface area contributed by atoms with Crippen molar-refractivity contribution in [3.05, 3.63) is 0 Å². The molecule has 3 heteroatoms. The fourth-order valence-electron chi connectivity index (χ4n) is 2.53. The first-order valence-corrected chi connectivity index (χ1v) is 8.98. The van der Waals surface area contributed by atoms with Crippen LogP contribution in [-0.4, -0.2) is 23.8 Å². The van der Waals surface area contributed by atoms with Crippen LogP contribution in [0.1, 0.15) is 97.3 Å².